The van der Waals surface area contributed by atoms with Crippen LogP contribution in [0.4, 0.5) is 10.2 Å². The van der Waals surface area contributed by atoms with Crippen molar-refractivity contribution >= 4 is 28.6 Å². The lowest BCUT2D eigenvalue weighted by Crippen LogP contribution is -2.21. The van der Waals surface area contributed by atoms with Gasteiger partial charge in [-0.25, -0.2) is 14.2 Å². The number of carbonyl (C=O) groups excluding carboxylic acids is 2. The van der Waals surface area contributed by atoms with Crippen molar-refractivity contribution in [3.8, 4) is 5.88 Å². The summed E-state index contributed by atoms with van der Waals surface area (Å²) in [6, 6.07) is 16.7. The molecule has 4 aromatic rings. The third kappa shape index (κ3) is 4.72. The summed E-state index contributed by atoms with van der Waals surface area (Å²) >= 11 is 0. The van der Waals surface area contributed by atoms with Gasteiger partial charge in [0.2, 0.25) is 5.88 Å². The number of rotatable bonds is 7. The zero-order valence-corrected chi connectivity index (χ0v) is 17.1. The molecule has 0 saturated carbocycles. The first-order chi connectivity index (χ1) is 15.5. The van der Waals surface area contributed by atoms with E-state index in [-0.39, 0.29) is 23.8 Å². The van der Waals surface area contributed by atoms with Gasteiger partial charge in [-0.1, -0.05) is 24.3 Å². The second-order valence-electron chi connectivity index (χ2n) is 6.87. The molecule has 0 saturated heterocycles. The Morgan fingerprint density at radius 3 is 2.56 bits per heavy atom. The molecule has 0 unspecified atom stereocenters. The average molecular weight is 434 g/mol. The van der Waals surface area contributed by atoms with E-state index in [0.29, 0.717) is 12.4 Å². The van der Waals surface area contributed by atoms with Crippen LogP contribution in [0.15, 0.2) is 66.9 Å². The van der Waals surface area contributed by atoms with Gasteiger partial charge in [-0.2, -0.15) is 0 Å². The summed E-state index contributed by atoms with van der Waals surface area (Å²) in [5.41, 5.74) is 1.98. The van der Waals surface area contributed by atoms with Crippen molar-refractivity contribution in [2.45, 2.75) is 6.54 Å². The van der Waals surface area contributed by atoms with Crippen LogP contribution in [0.5, 0.6) is 5.88 Å². The number of aromatic nitrogens is 3. The van der Waals surface area contributed by atoms with Crippen LogP contribution >= 0.6 is 0 Å². The van der Waals surface area contributed by atoms with Gasteiger partial charge in [0.05, 0.1) is 30.1 Å². The van der Waals surface area contributed by atoms with E-state index in [1.54, 1.807) is 16.8 Å². The zero-order chi connectivity index (χ0) is 22.5. The standard InChI is InChI=1S/C23H19FN4O4/c1-31-23(30)16-8-11-20(25-12-16)26-21(29)14-32-22-18-4-2-3-5-19(18)28(27-22)13-15-6-9-17(24)10-7-15/h2-12H,13-14H2,1H3,(H,25,26,29). The number of amides is 1. The van der Waals surface area contributed by atoms with Crippen molar-refractivity contribution in [2.75, 3.05) is 19.0 Å². The lowest BCUT2D eigenvalue weighted by molar-refractivity contribution is -0.118. The summed E-state index contributed by atoms with van der Waals surface area (Å²) < 4.78 is 25.2. The normalized spacial score (nSPS) is 10.7. The number of esters is 1. The van der Waals surface area contributed by atoms with Gasteiger partial charge in [-0.3, -0.25) is 9.48 Å². The zero-order valence-electron chi connectivity index (χ0n) is 17.1. The quantitative estimate of drug-likeness (QED) is 0.448. The number of fused-ring (bicyclic) bond motifs is 1. The van der Waals surface area contributed by atoms with E-state index in [1.807, 2.05) is 24.3 Å². The summed E-state index contributed by atoms with van der Waals surface area (Å²) in [7, 11) is 1.28. The molecule has 2 aromatic carbocycles. The number of pyridine rings is 1. The van der Waals surface area contributed by atoms with Crippen LogP contribution in [-0.2, 0) is 16.1 Å². The molecule has 2 heterocycles. The van der Waals surface area contributed by atoms with Crippen molar-refractivity contribution in [3.63, 3.8) is 0 Å². The molecule has 0 aliphatic carbocycles. The van der Waals surface area contributed by atoms with E-state index >= 15 is 0 Å². The van der Waals surface area contributed by atoms with Gasteiger partial charge >= 0.3 is 5.97 Å². The number of benzene rings is 2. The van der Waals surface area contributed by atoms with E-state index in [0.717, 1.165) is 16.5 Å². The second-order valence-corrected chi connectivity index (χ2v) is 6.87. The molecule has 8 nitrogen and oxygen atoms in total. The maximum Gasteiger partial charge on any atom is 0.339 e. The molecule has 2 aromatic heterocycles. The minimum atomic E-state index is -0.512. The first-order valence-electron chi connectivity index (χ1n) is 9.70. The Hall–Kier alpha value is -4.27. The van der Waals surface area contributed by atoms with Gasteiger partial charge in [-0.15, -0.1) is 5.10 Å². The largest absolute Gasteiger partial charge is 0.466 e. The van der Waals surface area contributed by atoms with Crippen molar-refractivity contribution in [3.05, 3.63) is 83.8 Å². The van der Waals surface area contributed by atoms with Crippen LogP contribution in [0.1, 0.15) is 15.9 Å². The van der Waals surface area contributed by atoms with Crippen LogP contribution in [0.2, 0.25) is 0 Å². The minimum Gasteiger partial charge on any atom is -0.466 e. The van der Waals surface area contributed by atoms with E-state index in [1.165, 1.54) is 37.6 Å². The highest BCUT2D eigenvalue weighted by Gasteiger charge is 2.14. The summed E-state index contributed by atoms with van der Waals surface area (Å²) in [4.78, 5) is 27.8. The number of anilines is 1. The summed E-state index contributed by atoms with van der Waals surface area (Å²) in [5.74, 6) is -0.657. The van der Waals surface area contributed by atoms with Crippen molar-refractivity contribution < 1.29 is 23.5 Å². The third-order valence-corrected chi connectivity index (χ3v) is 4.66. The first-order valence-corrected chi connectivity index (χ1v) is 9.70. The third-order valence-electron chi connectivity index (χ3n) is 4.66. The van der Waals surface area contributed by atoms with Crippen molar-refractivity contribution in [1.29, 1.82) is 0 Å². The number of para-hydroxylation sites is 1. The lowest BCUT2D eigenvalue weighted by Gasteiger charge is -2.06. The Kier molecular flexibility index (Phi) is 6.07. The molecule has 4 rings (SSSR count). The Morgan fingerprint density at radius 1 is 1.06 bits per heavy atom. The topological polar surface area (TPSA) is 95.3 Å². The number of nitrogens with zero attached hydrogens (tertiary/aromatic N) is 3. The average Bonchev–Trinajstić information content (AvgIpc) is 3.16. The van der Waals surface area contributed by atoms with Gasteiger partial charge in [0.15, 0.2) is 6.61 Å². The van der Waals surface area contributed by atoms with E-state index in [2.05, 4.69) is 20.1 Å². The SMILES string of the molecule is COC(=O)c1ccc(NC(=O)COc2nn(Cc3ccc(F)cc3)c3ccccc23)nc1. The fourth-order valence-electron chi connectivity index (χ4n) is 3.11. The Labute approximate surface area is 182 Å². The Morgan fingerprint density at radius 2 is 1.84 bits per heavy atom. The minimum absolute atomic E-state index is 0.276. The molecule has 9 heteroatoms. The molecule has 1 N–H and O–H groups in total. The Bertz CT molecular complexity index is 1250. The molecule has 162 valence electrons. The number of nitrogens with one attached hydrogen (secondary N) is 1. The monoisotopic (exact) mass is 434 g/mol. The van der Waals surface area contributed by atoms with Crippen LogP contribution in [0.25, 0.3) is 10.9 Å². The predicted molar refractivity (Wildman–Crippen MR) is 115 cm³/mol. The number of carbonyl (C=O) groups is 2. The van der Waals surface area contributed by atoms with Crippen LogP contribution in [-0.4, -0.2) is 40.4 Å². The smallest absolute Gasteiger partial charge is 0.339 e. The number of ether oxygens (including phenoxy) is 2. The number of halogens is 1. The number of hydrogen-bond acceptors (Lipinski definition) is 6. The molecule has 0 fully saturated rings. The van der Waals surface area contributed by atoms with Gasteiger partial charge in [-0.05, 0) is 42.0 Å². The van der Waals surface area contributed by atoms with E-state index < -0.39 is 11.9 Å². The lowest BCUT2D eigenvalue weighted by atomic mass is 10.2. The molecule has 0 aliphatic heterocycles. The van der Waals surface area contributed by atoms with Crippen molar-refractivity contribution in [1.82, 2.24) is 14.8 Å². The van der Waals surface area contributed by atoms with Crippen LogP contribution < -0.4 is 10.1 Å². The van der Waals surface area contributed by atoms with Crippen molar-refractivity contribution in [2.24, 2.45) is 0 Å². The molecular formula is C23H19FN4O4. The molecular weight excluding hydrogens is 415 g/mol. The highest BCUT2D eigenvalue weighted by molar-refractivity contribution is 5.93. The molecule has 32 heavy (non-hydrogen) atoms. The molecule has 0 bridgehead atoms. The van der Waals surface area contributed by atoms with E-state index in [9.17, 15) is 14.0 Å². The summed E-state index contributed by atoms with van der Waals surface area (Å²) in [6.07, 6.45) is 1.31. The molecule has 0 aliphatic rings. The fraction of sp³-hybridized carbons (Fsp3) is 0.130. The highest BCUT2D eigenvalue weighted by atomic mass is 19.1. The summed E-state index contributed by atoms with van der Waals surface area (Å²) in [5, 5.41) is 7.83. The molecule has 0 atom stereocenters. The maximum atomic E-state index is 13.2. The molecule has 0 spiro atoms. The highest BCUT2D eigenvalue weighted by Crippen LogP contribution is 2.25. The Balaban J connectivity index is 1.44. The summed E-state index contributed by atoms with van der Waals surface area (Å²) in [6.45, 7) is 0.144. The predicted octanol–water partition coefficient (Wildman–Crippen LogP) is 3.42. The number of methoxy groups -OCH3 is 1. The number of hydrogen-bond donors (Lipinski definition) is 1. The maximum absolute atomic E-state index is 13.2. The van der Waals surface area contributed by atoms with Crippen LogP contribution in [0, 0.1) is 5.82 Å². The fourth-order valence-corrected chi connectivity index (χ4v) is 3.11. The van der Waals surface area contributed by atoms with Crippen LogP contribution in [0.3, 0.4) is 0 Å². The van der Waals surface area contributed by atoms with Gasteiger partial charge < -0.3 is 14.8 Å². The molecule has 1 amide bonds. The van der Waals surface area contributed by atoms with Gasteiger partial charge in [0.1, 0.15) is 11.6 Å². The second kappa shape index (κ2) is 9.25. The van der Waals surface area contributed by atoms with Gasteiger partial charge in [0.25, 0.3) is 5.91 Å². The van der Waals surface area contributed by atoms with Gasteiger partial charge in [0, 0.05) is 6.20 Å². The molecule has 0 radical (unpaired) electrons. The first kappa shape index (κ1) is 21.0. The van der Waals surface area contributed by atoms with E-state index in [4.69, 9.17) is 4.74 Å².